The highest BCUT2D eigenvalue weighted by molar-refractivity contribution is 6.00. The van der Waals surface area contributed by atoms with Crippen LogP contribution in [0.25, 0.3) is 21.9 Å². The van der Waals surface area contributed by atoms with Crippen LogP contribution in [0.3, 0.4) is 0 Å². The quantitative estimate of drug-likeness (QED) is 0.333. The first-order valence-corrected chi connectivity index (χ1v) is 10.1. The van der Waals surface area contributed by atoms with Crippen LogP contribution in [-0.4, -0.2) is 41.1 Å². The van der Waals surface area contributed by atoms with Crippen LogP contribution in [0.15, 0.2) is 30.5 Å². The highest BCUT2D eigenvalue weighted by Crippen LogP contribution is 2.23. The van der Waals surface area contributed by atoms with E-state index in [1.165, 1.54) is 6.20 Å². The van der Waals surface area contributed by atoms with Crippen LogP contribution in [0.2, 0.25) is 0 Å². The Kier molecular flexibility index (Phi) is 6.61. The van der Waals surface area contributed by atoms with E-state index < -0.39 is 6.09 Å². The van der Waals surface area contributed by atoms with Gasteiger partial charge in [0.15, 0.2) is 11.3 Å². The van der Waals surface area contributed by atoms with Crippen molar-refractivity contribution in [2.75, 3.05) is 25.2 Å². The monoisotopic (exact) mass is 415 g/mol. The van der Waals surface area contributed by atoms with Crippen molar-refractivity contribution in [2.24, 2.45) is 0 Å². The van der Waals surface area contributed by atoms with Crippen LogP contribution in [0.4, 0.5) is 4.79 Å². The molecule has 30 heavy (non-hydrogen) atoms. The molecule has 2 aromatic heterocycles. The van der Waals surface area contributed by atoms with Crippen LogP contribution in [0, 0.1) is 5.21 Å². The first-order valence-electron chi connectivity index (χ1n) is 10.1. The maximum atomic E-state index is 12.4. The molecule has 3 rings (SSSR count). The number of carbonyl (C=O) groups excluding carboxylic acids is 1. The van der Waals surface area contributed by atoms with Gasteiger partial charge in [-0.05, 0) is 33.8 Å². The first-order chi connectivity index (χ1) is 14.3. The normalized spacial score (nSPS) is 11.7. The molecule has 0 saturated heterocycles. The summed E-state index contributed by atoms with van der Waals surface area (Å²) in [6.07, 6.45) is 1.65. The number of fused-ring (bicyclic) bond motifs is 3. The topological polar surface area (TPSA) is 104 Å². The molecule has 9 nitrogen and oxygen atoms in total. The lowest BCUT2D eigenvalue weighted by molar-refractivity contribution is -0.575. The van der Waals surface area contributed by atoms with Crippen LogP contribution < -0.4 is 15.5 Å². The van der Waals surface area contributed by atoms with Crippen molar-refractivity contribution in [1.82, 2.24) is 15.0 Å². The van der Waals surface area contributed by atoms with Gasteiger partial charge in [0.05, 0.1) is 12.0 Å². The molecule has 3 aromatic rings. The molecule has 0 atom stereocenters. The molecule has 0 radical (unpaired) electrons. The summed E-state index contributed by atoms with van der Waals surface area (Å²) in [6.45, 7) is 9.32. The highest BCUT2D eigenvalue weighted by Gasteiger charge is 2.19. The van der Waals surface area contributed by atoms with Gasteiger partial charge in [-0.2, -0.15) is 4.73 Å². The zero-order valence-corrected chi connectivity index (χ0v) is 17.9. The van der Waals surface area contributed by atoms with E-state index in [4.69, 9.17) is 9.47 Å². The molecule has 0 aliphatic heterocycles. The Morgan fingerprint density at radius 2 is 2.07 bits per heavy atom. The first kappa shape index (κ1) is 21.6. The van der Waals surface area contributed by atoms with E-state index in [2.05, 4.69) is 15.7 Å². The van der Waals surface area contributed by atoms with Crippen molar-refractivity contribution in [3.8, 4) is 0 Å². The number of hydrogen-bond acceptors (Lipinski definition) is 6. The molecule has 162 valence electrons. The molecule has 0 fully saturated rings. The number of ether oxygens (including phenoxy) is 2. The zero-order valence-electron chi connectivity index (χ0n) is 17.9. The van der Waals surface area contributed by atoms with Gasteiger partial charge >= 0.3 is 6.09 Å². The maximum absolute atomic E-state index is 12.4. The minimum atomic E-state index is -0.432. The minimum Gasteiger partial charge on any atom is -0.618 e. The number of pyridine rings is 1. The Bertz CT molecular complexity index is 1030. The second kappa shape index (κ2) is 9.17. The van der Waals surface area contributed by atoms with Gasteiger partial charge in [-0.15, -0.1) is 0 Å². The summed E-state index contributed by atoms with van der Waals surface area (Å²) in [5.41, 5.74) is 4.97. The number of rotatable bonds is 8. The molecular weight excluding hydrogens is 386 g/mol. The van der Waals surface area contributed by atoms with Gasteiger partial charge in [0, 0.05) is 31.2 Å². The molecule has 2 N–H and O–H groups in total. The fraction of sp³-hybridized carbons (Fsp3) is 0.476. The SMILES string of the molecule is CCOCc1nc2c[n+]([O-])c3ccccc3c2n1NCCCOC(=O)NC(C)(C)C. The van der Waals surface area contributed by atoms with Crippen molar-refractivity contribution < 1.29 is 19.0 Å². The van der Waals surface area contributed by atoms with E-state index in [1.54, 1.807) is 6.07 Å². The van der Waals surface area contributed by atoms with E-state index in [1.807, 2.05) is 50.6 Å². The lowest BCUT2D eigenvalue weighted by Gasteiger charge is -2.20. The van der Waals surface area contributed by atoms with Gasteiger partial charge in [-0.25, -0.2) is 14.5 Å². The van der Waals surface area contributed by atoms with Crippen molar-refractivity contribution in [1.29, 1.82) is 0 Å². The van der Waals surface area contributed by atoms with Gasteiger partial charge in [0.1, 0.15) is 12.1 Å². The lowest BCUT2D eigenvalue weighted by atomic mass is 10.1. The predicted octanol–water partition coefficient (Wildman–Crippen LogP) is 2.82. The largest absolute Gasteiger partial charge is 0.618 e. The number of carbonyl (C=O) groups is 1. The Morgan fingerprint density at radius 3 is 2.80 bits per heavy atom. The van der Waals surface area contributed by atoms with Crippen molar-refractivity contribution in [2.45, 2.75) is 46.3 Å². The molecule has 1 amide bonds. The molecule has 2 heterocycles. The predicted molar refractivity (Wildman–Crippen MR) is 115 cm³/mol. The summed E-state index contributed by atoms with van der Waals surface area (Å²) in [5, 5.41) is 15.9. The van der Waals surface area contributed by atoms with Crippen LogP contribution >= 0.6 is 0 Å². The van der Waals surface area contributed by atoms with E-state index in [0.29, 0.717) is 43.0 Å². The fourth-order valence-corrected chi connectivity index (χ4v) is 3.11. The summed E-state index contributed by atoms with van der Waals surface area (Å²) >= 11 is 0. The second-order valence-electron chi connectivity index (χ2n) is 7.98. The number of aromatic nitrogens is 3. The Hall–Kier alpha value is -3.07. The number of para-hydroxylation sites is 1. The number of alkyl carbamates (subject to hydrolysis) is 1. The third kappa shape index (κ3) is 5.10. The number of imidazole rings is 1. The number of amides is 1. The molecule has 0 spiro atoms. The Morgan fingerprint density at radius 1 is 1.30 bits per heavy atom. The van der Waals surface area contributed by atoms with Gasteiger partial charge in [0.2, 0.25) is 11.7 Å². The number of nitrogens with one attached hydrogen (secondary N) is 2. The lowest BCUT2D eigenvalue weighted by Crippen LogP contribution is -2.41. The summed E-state index contributed by atoms with van der Waals surface area (Å²) in [7, 11) is 0. The highest BCUT2D eigenvalue weighted by atomic mass is 16.5. The third-order valence-corrected chi connectivity index (χ3v) is 4.35. The van der Waals surface area contributed by atoms with Crippen LogP contribution in [-0.2, 0) is 16.1 Å². The molecule has 0 saturated carbocycles. The molecule has 0 unspecified atom stereocenters. The molecule has 9 heteroatoms. The smallest absolute Gasteiger partial charge is 0.407 e. The van der Waals surface area contributed by atoms with Gasteiger partial charge in [0.25, 0.3) is 0 Å². The molecule has 0 aliphatic carbocycles. The summed E-state index contributed by atoms with van der Waals surface area (Å²) in [5.74, 6) is 0.676. The standard InChI is InChI=1S/C21H29N5O4/c1-5-29-14-18-23-16-13-25(28)17-10-7-6-9-15(17)19(16)26(18)22-11-8-12-30-20(27)24-21(2,3)4/h6-7,9-10,13,22H,5,8,11-12,14H2,1-4H3,(H,24,27). The second-order valence-corrected chi connectivity index (χ2v) is 7.98. The average molecular weight is 415 g/mol. The average Bonchev–Trinajstić information content (AvgIpc) is 3.02. The number of hydrogen-bond donors (Lipinski definition) is 2. The third-order valence-electron chi connectivity index (χ3n) is 4.35. The van der Waals surface area contributed by atoms with E-state index in [-0.39, 0.29) is 12.1 Å². The van der Waals surface area contributed by atoms with Gasteiger partial charge in [-0.3, -0.25) is 0 Å². The fourth-order valence-electron chi connectivity index (χ4n) is 3.11. The van der Waals surface area contributed by atoms with Gasteiger partial charge < -0.3 is 25.4 Å². The summed E-state index contributed by atoms with van der Waals surface area (Å²) in [4.78, 5) is 16.3. The molecule has 0 aliphatic rings. The van der Waals surface area contributed by atoms with Crippen molar-refractivity contribution >= 4 is 28.0 Å². The molecular formula is C21H29N5O4. The van der Waals surface area contributed by atoms with Crippen LogP contribution in [0.5, 0.6) is 0 Å². The van der Waals surface area contributed by atoms with Crippen molar-refractivity contribution in [3.63, 3.8) is 0 Å². The number of nitrogens with zero attached hydrogens (tertiary/aromatic N) is 3. The summed E-state index contributed by atoms with van der Waals surface area (Å²) < 4.78 is 13.5. The van der Waals surface area contributed by atoms with Crippen molar-refractivity contribution in [3.05, 3.63) is 41.5 Å². The Labute approximate surface area is 175 Å². The van der Waals surface area contributed by atoms with Crippen LogP contribution in [0.1, 0.15) is 39.9 Å². The van der Waals surface area contributed by atoms with Gasteiger partial charge in [-0.1, -0.05) is 12.1 Å². The van der Waals surface area contributed by atoms with E-state index >= 15 is 0 Å². The molecule has 1 aromatic carbocycles. The molecule has 0 bridgehead atoms. The maximum Gasteiger partial charge on any atom is 0.407 e. The summed E-state index contributed by atoms with van der Waals surface area (Å²) in [6, 6.07) is 7.40. The number of benzene rings is 1. The Balaban J connectivity index is 1.76. The van der Waals surface area contributed by atoms with E-state index in [9.17, 15) is 10.0 Å². The minimum absolute atomic E-state index is 0.281. The zero-order chi connectivity index (χ0) is 21.7. The van der Waals surface area contributed by atoms with E-state index in [0.717, 1.165) is 15.6 Å².